The summed E-state index contributed by atoms with van der Waals surface area (Å²) in [4.78, 5) is 0. The van der Waals surface area contributed by atoms with Crippen molar-refractivity contribution in [2.45, 2.75) is 40.5 Å². The fourth-order valence-corrected chi connectivity index (χ4v) is 0.680. The van der Waals surface area contributed by atoms with Gasteiger partial charge in [-0.3, -0.25) is 12.2 Å². The van der Waals surface area contributed by atoms with Gasteiger partial charge in [0.2, 0.25) is 0 Å². The Labute approximate surface area is 123 Å². The molecule has 0 heterocycles. The van der Waals surface area contributed by atoms with Gasteiger partial charge in [0.1, 0.15) is 0 Å². The molecular weight excluding hydrogens is 240 g/mol. The van der Waals surface area contributed by atoms with E-state index >= 15 is 0 Å². The van der Waals surface area contributed by atoms with E-state index in [1.807, 2.05) is 64.8 Å². The van der Waals surface area contributed by atoms with Crippen molar-refractivity contribution in [2.24, 2.45) is 0 Å². The first-order chi connectivity index (χ1) is 7.83. The summed E-state index contributed by atoms with van der Waals surface area (Å²) < 4.78 is 0. The van der Waals surface area contributed by atoms with Crippen LogP contribution in [0.2, 0.25) is 0 Å². The Morgan fingerprint density at radius 1 is 0.765 bits per heavy atom. The van der Waals surface area contributed by atoms with Gasteiger partial charge in [-0.2, -0.15) is 39.8 Å². The summed E-state index contributed by atoms with van der Waals surface area (Å²) in [5.41, 5.74) is 0. The molecule has 17 heavy (non-hydrogen) atoms. The van der Waals surface area contributed by atoms with Gasteiger partial charge < -0.3 is 12.8 Å². The van der Waals surface area contributed by atoms with Crippen LogP contribution in [0, 0.1) is 25.0 Å². The molecule has 1 heteroatoms. The van der Waals surface area contributed by atoms with Crippen LogP contribution in [0.3, 0.4) is 0 Å². The molecule has 0 bridgehead atoms. The zero-order chi connectivity index (χ0) is 12.5. The van der Waals surface area contributed by atoms with Gasteiger partial charge in [0.05, 0.1) is 0 Å². The first kappa shape index (κ1) is 21.9. The normalized spacial score (nSPS) is 12.5. The van der Waals surface area contributed by atoms with E-state index in [4.69, 9.17) is 0 Å². The van der Waals surface area contributed by atoms with Crippen LogP contribution >= 0.6 is 0 Å². The van der Waals surface area contributed by atoms with E-state index in [0.29, 0.717) is 0 Å². The van der Waals surface area contributed by atoms with Crippen LogP contribution in [-0.2, 0) is 21.7 Å². The average molecular weight is 264 g/mol. The molecule has 0 unspecified atom stereocenters. The molecule has 0 radical (unpaired) electrons. The number of hydrogen-bond donors (Lipinski definition) is 0. The Balaban J connectivity index is -0.000000157. The third kappa shape index (κ3) is 31.3. The van der Waals surface area contributed by atoms with Gasteiger partial charge in [-0.05, 0) is 0 Å². The van der Waals surface area contributed by atoms with Gasteiger partial charge in [-0.15, -0.1) is 12.8 Å². The summed E-state index contributed by atoms with van der Waals surface area (Å²) in [6, 6.07) is 0. The molecule has 0 aromatic heterocycles. The largest absolute Gasteiger partial charge is 4.00 e. The Morgan fingerprint density at radius 3 is 1.12 bits per heavy atom. The average Bonchev–Trinajstić information content (AvgIpc) is 3.00. The van der Waals surface area contributed by atoms with Crippen LogP contribution in [0.15, 0.2) is 36.5 Å². The zero-order valence-corrected chi connectivity index (χ0v) is 13.1. The van der Waals surface area contributed by atoms with Gasteiger partial charge in [0.25, 0.3) is 0 Å². The van der Waals surface area contributed by atoms with Crippen LogP contribution in [0.1, 0.15) is 40.5 Å². The van der Waals surface area contributed by atoms with E-state index in [9.17, 15) is 0 Å². The molecule has 2 aliphatic carbocycles. The first-order valence-electron chi connectivity index (χ1n) is 5.74. The summed E-state index contributed by atoms with van der Waals surface area (Å²) >= 11 is 0. The molecule has 0 aromatic rings. The summed E-state index contributed by atoms with van der Waals surface area (Å²) in [7, 11) is 0. The summed E-state index contributed by atoms with van der Waals surface area (Å²) in [5, 5.41) is 0. The van der Waals surface area contributed by atoms with Gasteiger partial charge in [0.15, 0.2) is 0 Å². The minimum absolute atomic E-state index is 0. The third-order valence-corrected chi connectivity index (χ3v) is 1.17. The van der Waals surface area contributed by atoms with Crippen molar-refractivity contribution in [1.82, 2.24) is 0 Å². The van der Waals surface area contributed by atoms with E-state index in [1.54, 1.807) is 0 Å². The van der Waals surface area contributed by atoms with Gasteiger partial charge >= 0.3 is 21.7 Å². The molecular formula is C16H24Ti. The quantitative estimate of drug-likeness (QED) is 0.423. The van der Waals surface area contributed by atoms with Crippen LogP contribution in [-0.4, -0.2) is 0 Å². The van der Waals surface area contributed by atoms with Crippen LogP contribution < -0.4 is 0 Å². The fourth-order valence-electron chi connectivity index (χ4n) is 0.680. The van der Waals surface area contributed by atoms with Gasteiger partial charge in [-0.1, -0.05) is 0 Å². The smallest absolute Gasteiger partial charge is 0.335 e. The van der Waals surface area contributed by atoms with Crippen LogP contribution in [0.5, 0.6) is 0 Å². The van der Waals surface area contributed by atoms with E-state index in [-0.39, 0.29) is 21.7 Å². The molecule has 2 rings (SSSR count). The SMILES string of the molecule is C[CH-]C.C[CH-]C.[C-]1=CC=CC1.[C-]1=CC=CC1.[Ti+4]. The van der Waals surface area contributed by atoms with Crippen molar-refractivity contribution < 1.29 is 21.7 Å². The fraction of sp³-hybridized carbons (Fsp3) is 0.375. The molecule has 0 atom stereocenters. The van der Waals surface area contributed by atoms with Crippen LogP contribution in [0.4, 0.5) is 0 Å². The van der Waals surface area contributed by atoms with Crippen molar-refractivity contribution in [1.29, 1.82) is 0 Å². The van der Waals surface area contributed by atoms with Gasteiger partial charge in [0, 0.05) is 0 Å². The summed E-state index contributed by atoms with van der Waals surface area (Å²) in [6.07, 6.45) is 24.0. The predicted octanol–water partition coefficient (Wildman–Crippen LogP) is 5.07. The molecule has 0 amide bonds. The Morgan fingerprint density at radius 2 is 1.06 bits per heavy atom. The van der Waals surface area contributed by atoms with Crippen molar-refractivity contribution in [3.05, 3.63) is 61.4 Å². The molecule has 0 fully saturated rings. The second-order valence-corrected chi connectivity index (χ2v) is 3.16. The molecule has 92 valence electrons. The second kappa shape index (κ2) is 24.8. The predicted molar refractivity (Wildman–Crippen MR) is 74.4 cm³/mol. The van der Waals surface area contributed by atoms with Crippen LogP contribution in [0.25, 0.3) is 0 Å². The Bertz CT molecular complexity index is 166. The maximum absolute atomic E-state index is 2.99. The zero-order valence-electron chi connectivity index (χ0n) is 11.5. The van der Waals surface area contributed by atoms with Gasteiger partial charge in [-0.25, -0.2) is 24.3 Å². The summed E-state index contributed by atoms with van der Waals surface area (Å²) in [5.74, 6) is 0. The van der Waals surface area contributed by atoms with E-state index in [0.717, 1.165) is 12.8 Å². The summed E-state index contributed by atoms with van der Waals surface area (Å²) in [6.45, 7) is 8.00. The third-order valence-electron chi connectivity index (χ3n) is 1.17. The maximum atomic E-state index is 2.99. The Kier molecular flexibility index (Phi) is 31.9. The van der Waals surface area contributed by atoms with Crippen molar-refractivity contribution in [3.8, 4) is 0 Å². The maximum Gasteiger partial charge on any atom is 4.00 e. The van der Waals surface area contributed by atoms with Crippen molar-refractivity contribution in [3.63, 3.8) is 0 Å². The molecule has 0 aliphatic heterocycles. The number of hydrogen-bond acceptors (Lipinski definition) is 0. The molecule has 0 nitrogen and oxygen atoms in total. The molecule has 0 aromatic carbocycles. The number of rotatable bonds is 0. The van der Waals surface area contributed by atoms with Crippen molar-refractivity contribution in [2.75, 3.05) is 0 Å². The topological polar surface area (TPSA) is 0 Å². The second-order valence-electron chi connectivity index (χ2n) is 3.16. The molecule has 0 saturated carbocycles. The molecule has 0 N–H and O–H groups in total. The molecule has 0 saturated heterocycles. The molecule has 0 spiro atoms. The van der Waals surface area contributed by atoms with E-state index in [2.05, 4.69) is 24.3 Å². The van der Waals surface area contributed by atoms with E-state index in [1.165, 1.54) is 0 Å². The Hall–Kier alpha value is -0.326. The standard InChI is InChI=1S/2C5H5.2C3H7.Ti/c2*1-2-4-5-3-1;2*1-3-2;/h2*1-3H,4H2;2*3H,1-2H3;/q4*-1;+4. The molecule has 2 aliphatic rings. The van der Waals surface area contributed by atoms with E-state index < -0.39 is 0 Å². The first-order valence-corrected chi connectivity index (χ1v) is 5.74. The van der Waals surface area contributed by atoms with Crippen molar-refractivity contribution >= 4 is 0 Å². The minimum Gasteiger partial charge on any atom is -0.335 e. The minimum atomic E-state index is 0. The monoisotopic (exact) mass is 264 g/mol. The number of allylic oxidation sites excluding steroid dienone is 8.